The number of nitrogens with zero attached hydrogens (tertiary/aromatic N) is 2. The minimum atomic E-state index is -0.0374. The van der Waals surface area contributed by atoms with E-state index in [9.17, 15) is 4.79 Å². The minimum absolute atomic E-state index is 0.0374. The summed E-state index contributed by atoms with van der Waals surface area (Å²) in [4.78, 5) is 16.7. The van der Waals surface area contributed by atoms with Gasteiger partial charge in [-0.05, 0) is 18.6 Å². The lowest BCUT2D eigenvalue weighted by Crippen LogP contribution is -2.27. The summed E-state index contributed by atoms with van der Waals surface area (Å²) in [5.41, 5.74) is 3.14. The SMILES string of the molecule is CCCCCn1c(NN)nc2ccccc2c1=O. The summed E-state index contributed by atoms with van der Waals surface area (Å²) in [6.45, 7) is 2.77. The Bertz CT molecular complexity index is 591. The highest BCUT2D eigenvalue weighted by Crippen LogP contribution is 2.11. The Morgan fingerprint density at radius 1 is 1.33 bits per heavy atom. The second kappa shape index (κ2) is 5.64. The van der Waals surface area contributed by atoms with Gasteiger partial charge in [-0.1, -0.05) is 31.9 Å². The van der Waals surface area contributed by atoms with Gasteiger partial charge in [0.15, 0.2) is 0 Å². The number of unbranched alkanes of at least 4 members (excludes halogenated alkanes) is 2. The van der Waals surface area contributed by atoms with E-state index in [0.717, 1.165) is 19.3 Å². The fourth-order valence-electron chi connectivity index (χ4n) is 2.01. The van der Waals surface area contributed by atoms with Crippen LogP contribution >= 0.6 is 0 Å². The quantitative estimate of drug-likeness (QED) is 0.480. The van der Waals surface area contributed by atoms with Crippen molar-refractivity contribution in [3.63, 3.8) is 0 Å². The van der Waals surface area contributed by atoms with Crippen LogP contribution in [0, 0.1) is 0 Å². The Kier molecular flexibility index (Phi) is 3.94. The first-order chi connectivity index (χ1) is 8.77. The zero-order valence-corrected chi connectivity index (χ0v) is 10.5. The molecule has 0 aliphatic rings. The molecule has 0 aliphatic heterocycles. The Morgan fingerprint density at radius 2 is 2.11 bits per heavy atom. The second-order valence-electron chi connectivity index (χ2n) is 4.26. The van der Waals surface area contributed by atoms with E-state index in [0.29, 0.717) is 23.4 Å². The molecule has 0 saturated carbocycles. The van der Waals surface area contributed by atoms with E-state index in [2.05, 4.69) is 17.3 Å². The highest BCUT2D eigenvalue weighted by atomic mass is 16.1. The Balaban J connectivity index is 2.49. The predicted octanol–water partition coefficient (Wildman–Crippen LogP) is 1.87. The molecule has 1 heterocycles. The number of nitrogens with two attached hydrogens (primary N) is 1. The molecule has 2 rings (SSSR count). The van der Waals surface area contributed by atoms with Gasteiger partial charge in [0.25, 0.3) is 5.56 Å². The second-order valence-corrected chi connectivity index (χ2v) is 4.26. The Morgan fingerprint density at radius 3 is 2.83 bits per heavy atom. The molecule has 96 valence electrons. The van der Waals surface area contributed by atoms with Crippen LogP contribution < -0.4 is 16.8 Å². The molecular weight excluding hydrogens is 228 g/mol. The average molecular weight is 246 g/mol. The highest BCUT2D eigenvalue weighted by Gasteiger charge is 2.09. The van der Waals surface area contributed by atoms with Gasteiger partial charge in [0.05, 0.1) is 10.9 Å². The first-order valence-electron chi connectivity index (χ1n) is 6.24. The fourth-order valence-corrected chi connectivity index (χ4v) is 2.01. The van der Waals surface area contributed by atoms with E-state index in [1.54, 1.807) is 10.6 Å². The van der Waals surface area contributed by atoms with Crippen molar-refractivity contribution in [2.24, 2.45) is 5.84 Å². The van der Waals surface area contributed by atoms with Crippen molar-refractivity contribution in [3.05, 3.63) is 34.6 Å². The molecule has 0 bridgehead atoms. The third-order valence-corrected chi connectivity index (χ3v) is 2.98. The lowest BCUT2D eigenvalue weighted by atomic mass is 10.2. The van der Waals surface area contributed by atoms with Crippen molar-refractivity contribution < 1.29 is 0 Å². The van der Waals surface area contributed by atoms with Gasteiger partial charge in [-0.3, -0.25) is 14.8 Å². The molecule has 0 aliphatic carbocycles. The van der Waals surface area contributed by atoms with Crippen LogP contribution in [-0.2, 0) is 6.54 Å². The van der Waals surface area contributed by atoms with Crippen LogP contribution in [0.4, 0.5) is 5.95 Å². The first-order valence-corrected chi connectivity index (χ1v) is 6.24. The van der Waals surface area contributed by atoms with Crippen molar-refractivity contribution >= 4 is 16.9 Å². The fraction of sp³-hybridized carbons (Fsp3) is 0.385. The van der Waals surface area contributed by atoms with Crippen molar-refractivity contribution in [1.29, 1.82) is 0 Å². The molecule has 18 heavy (non-hydrogen) atoms. The van der Waals surface area contributed by atoms with Gasteiger partial charge in [-0.25, -0.2) is 10.8 Å². The first kappa shape index (κ1) is 12.6. The van der Waals surface area contributed by atoms with Crippen molar-refractivity contribution in [1.82, 2.24) is 9.55 Å². The third-order valence-electron chi connectivity index (χ3n) is 2.98. The Hall–Kier alpha value is -1.88. The number of benzene rings is 1. The summed E-state index contributed by atoms with van der Waals surface area (Å²) >= 11 is 0. The van der Waals surface area contributed by atoms with Crippen LogP contribution in [0.3, 0.4) is 0 Å². The molecule has 0 unspecified atom stereocenters. The molecule has 2 aromatic rings. The number of hydrazine groups is 1. The smallest absolute Gasteiger partial charge is 0.262 e. The van der Waals surface area contributed by atoms with Gasteiger partial charge >= 0.3 is 0 Å². The molecule has 5 heteroatoms. The molecule has 0 radical (unpaired) electrons. The van der Waals surface area contributed by atoms with Crippen molar-refractivity contribution in [2.45, 2.75) is 32.7 Å². The number of nitrogen functional groups attached to an aromatic ring is 1. The largest absolute Gasteiger partial charge is 0.294 e. The summed E-state index contributed by atoms with van der Waals surface area (Å²) in [6, 6.07) is 7.31. The van der Waals surface area contributed by atoms with Crippen LogP contribution in [0.2, 0.25) is 0 Å². The van der Waals surface area contributed by atoms with E-state index in [-0.39, 0.29) is 5.56 Å². The summed E-state index contributed by atoms with van der Waals surface area (Å²) in [5, 5.41) is 0.632. The summed E-state index contributed by atoms with van der Waals surface area (Å²) < 4.78 is 1.61. The summed E-state index contributed by atoms with van der Waals surface area (Å²) in [7, 11) is 0. The maximum absolute atomic E-state index is 12.3. The van der Waals surface area contributed by atoms with Gasteiger partial charge in [0.1, 0.15) is 0 Å². The monoisotopic (exact) mass is 246 g/mol. The van der Waals surface area contributed by atoms with Crippen LogP contribution in [0.25, 0.3) is 10.9 Å². The Labute approximate surface area is 106 Å². The summed E-state index contributed by atoms with van der Waals surface area (Å²) in [6.07, 6.45) is 3.15. The molecule has 0 saturated heterocycles. The van der Waals surface area contributed by atoms with Gasteiger partial charge < -0.3 is 0 Å². The third kappa shape index (κ3) is 2.36. The molecule has 0 atom stereocenters. The van der Waals surface area contributed by atoms with Crippen LogP contribution in [0.5, 0.6) is 0 Å². The maximum Gasteiger partial charge on any atom is 0.262 e. The van der Waals surface area contributed by atoms with E-state index in [1.165, 1.54) is 0 Å². The molecule has 0 fully saturated rings. The zero-order valence-electron chi connectivity index (χ0n) is 10.5. The summed E-state index contributed by atoms with van der Waals surface area (Å²) in [5.74, 6) is 5.87. The average Bonchev–Trinajstić information content (AvgIpc) is 2.41. The topological polar surface area (TPSA) is 72.9 Å². The lowest BCUT2D eigenvalue weighted by Gasteiger charge is -2.12. The predicted molar refractivity (Wildman–Crippen MR) is 73.3 cm³/mol. The van der Waals surface area contributed by atoms with Crippen molar-refractivity contribution in [2.75, 3.05) is 5.43 Å². The van der Waals surface area contributed by atoms with Crippen LogP contribution in [0.15, 0.2) is 29.1 Å². The van der Waals surface area contributed by atoms with Crippen molar-refractivity contribution in [3.8, 4) is 0 Å². The van der Waals surface area contributed by atoms with Gasteiger partial charge in [-0.2, -0.15) is 0 Å². The normalized spacial score (nSPS) is 10.8. The number of fused-ring (bicyclic) bond motifs is 1. The molecule has 1 aromatic heterocycles. The molecule has 5 nitrogen and oxygen atoms in total. The number of aromatic nitrogens is 2. The highest BCUT2D eigenvalue weighted by molar-refractivity contribution is 5.78. The van der Waals surface area contributed by atoms with Crippen LogP contribution in [0.1, 0.15) is 26.2 Å². The number of anilines is 1. The molecule has 1 aromatic carbocycles. The number of para-hydroxylation sites is 1. The van der Waals surface area contributed by atoms with Gasteiger partial charge in [0.2, 0.25) is 5.95 Å². The zero-order chi connectivity index (χ0) is 13.0. The minimum Gasteiger partial charge on any atom is -0.294 e. The van der Waals surface area contributed by atoms with E-state index < -0.39 is 0 Å². The molecule has 0 amide bonds. The number of rotatable bonds is 5. The number of nitrogens with one attached hydrogen (secondary N) is 1. The van der Waals surface area contributed by atoms with Gasteiger partial charge in [0, 0.05) is 6.54 Å². The van der Waals surface area contributed by atoms with Crippen LogP contribution in [-0.4, -0.2) is 9.55 Å². The standard InChI is InChI=1S/C13H18N4O/c1-2-3-6-9-17-12(18)10-7-4-5-8-11(10)15-13(17)16-14/h4-5,7-8H,2-3,6,9,14H2,1H3,(H,15,16). The number of hydrogen-bond donors (Lipinski definition) is 2. The van der Waals surface area contributed by atoms with E-state index in [4.69, 9.17) is 5.84 Å². The van der Waals surface area contributed by atoms with Gasteiger partial charge in [-0.15, -0.1) is 0 Å². The maximum atomic E-state index is 12.3. The molecule has 3 N–H and O–H groups in total. The van der Waals surface area contributed by atoms with E-state index >= 15 is 0 Å². The number of hydrogen-bond acceptors (Lipinski definition) is 4. The van der Waals surface area contributed by atoms with E-state index in [1.807, 2.05) is 18.2 Å². The molecule has 0 spiro atoms. The lowest BCUT2D eigenvalue weighted by molar-refractivity contribution is 0.589. The molecular formula is C13H18N4O.